The molecule has 1 aromatic carbocycles. The Balaban J connectivity index is 1.34. The standard InChI is InChI=1S/C23H22N4O4/c1-15-19-6-2-3-7-20(19)31-22(15)23(29)26-13-16-8-9-25-27(16)17(14-26)11-21(28)24-12-18-5-4-10-30-18/h2-10,17H,11-14H2,1H3,(H,24,28)/t17-/m0/s1. The summed E-state index contributed by atoms with van der Waals surface area (Å²) >= 11 is 0. The topological polar surface area (TPSA) is 93.5 Å². The van der Waals surface area contributed by atoms with Crippen molar-refractivity contribution in [2.24, 2.45) is 0 Å². The number of fused-ring (bicyclic) bond motifs is 2. The van der Waals surface area contributed by atoms with Crippen molar-refractivity contribution in [3.05, 3.63) is 77.7 Å². The number of para-hydroxylation sites is 1. The van der Waals surface area contributed by atoms with Crippen LogP contribution >= 0.6 is 0 Å². The Morgan fingerprint density at radius 3 is 2.87 bits per heavy atom. The molecule has 1 aliphatic rings. The summed E-state index contributed by atoms with van der Waals surface area (Å²) in [5.41, 5.74) is 2.41. The molecule has 0 unspecified atom stereocenters. The van der Waals surface area contributed by atoms with Crippen molar-refractivity contribution in [2.45, 2.75) is 32.5 Å². The predicted molar refractivity (Wildman–Crippen MR) is 112 cm³/mol. The van der Waals surface area contributed by atoms with Gasteiger partial charge in [0.2, 0.25) is 5.91 Å². The lowest BCUT2D eigenvalue weighted by Crippen LogP contribution is -2.43. The maximum atomic E-state index is 13.3. The fourth-order valence-electron chi connectivity index (χ4n) is 4.10. The quantitative estimate of drug-likeness (QED) is 0.536. The Kier molecular flexibility index (Phi) is 4.82. The molecular weight excluding hydrogens is 396 g/mol. The molecule has 5 rings (SSSR count). The number of nitrogens with one attached hydrogen (secondary N) is 1. The summed E-state index contributed by atoms with van der Waals surface area (Å²) in [6, 6.07) is 12.8. The van der Waals surface area contributed by atoms with Crippen molar-refractivity contribution in [1.82, 2.24) is 20.0 Å². The molecule has 8 heteroatoms. The highest BCUT2D eigenvalue weighted by atomic mass is 16.3. The van der Waals surface area contributed by atoms with E-state index < -0.39 is 0 Å². The zero-order chi connectivity index (χ0) is 21.4. The van der Waals surface area contributed by atoms with Crippen LogP contribution in [-0.2, 0) is 17.9 Å². The summed E-state index contributed by atoms with van der Waals surface area (Å²) in [6.45, 7) is 3.01. The first-order valence-electron chi connectivity index (χ1n) is 10.2. The van der Waals surface area contributed by atoms with E-state index in [1.165, 1.54) is 0 Å². The van der Waals surface area contributed by atoms with Crippen LogP contribution in [0.25, 0.3) is 11.0 Å². The van der Waals surface area contributed by atoms with Crippen molar-refractivity contribution >= 4 is 22.8 Å². The second-order valence-electron chi connectivity index (χ2n) is 7.72. The van der Waals surface area contributed by atoms with Gasteiger partial charge in [-0.15, -0.1) is 0 Å². The van der Waals surface area contributed by atoms with Gasteiger partial charge >= 0.3 is 0 Å². The molecular formula is C23H22N4O4. The van der Waals surface area contributed by atoms with E-state index >= 15 is 0 Å². The number of hydrogen-bond donors (Lipinski definition) is 1. The van der Waals surface area contributed by atoms with Gasteiger partial charge in [-0.25, -0.2) is 0 Å². The highest BCUT2D eigenvalue weighted by molar-refractivity contribution is 5.99. The van der Waals surface area contributed by atoms with Crippen LogP contribution in [0, 0.1) is 6.92 Å². The molecule has 4 heterocycles. The molecule has 0 radical (unpaired) electrons. The molecule has 0 saturated heterocycles. The van der Waals surface area contributed by atoms with Crippen LogP contribution in [-0.4, -0.2) is 33.0 Å². The Hall–Kier alpha value is -3.81. The summed E-state index contributed by atoms with van der Waals surface area (Å²) in [6.07, 6.45) is 3.48. The monoisotopic (exact) mass is 418 g/mol. The highest BCUT2D eigenvalue weighted by Crippen LogP contribution is 2.29. The van der Waals surface area contributed by atoms with Crippen LogP contribution in [0.3, 0.4) is 0 Å². The van der Waals surface area contributed by atoms with Crippen molar-refractivity contribution in [3.8, 4) is 0 Å². The number of nitrogens with zero attached hydrogens (tertiary/aromatic N) is 3. The summed E-state index contributed by atoms with van der Waals surface area (Å²) < 4.78 is 13.0. The molecule has 0 spiro atoms. The molecule has 1 atom stereocenters. The second-order valence-corrected chi connectivity index (χ2v) is 7.72. The summed E-state index contributed by atoms with van der Waals surface area (Å²) in [5.74, 6) is 0.725. The molecule has 3 aromatic heterocycles. The largest absolute Gasteiger partial charge is 0.467 e. The van der Waals surface area contributed by atoms with Gasteiger partial charge in [-0.05, 0) is 31.2 Å². The molecule has 2 amide bonds. The number of rotatable bonds is 5. The Morgan fingerprint density at radius 1 is 1.19 bits per heavy atom. The number of aromatic nitrogens is 2. The van der Waals surface area contributed by atoms with E-state index in [1.807, 2.05) is 48.0 Å². The minimum absolute atomic E-state index is 0.128. The average molecular weight is 418 g/mol. The lowest BCUT2D eigenvalue weighted by atomic mass is 10.1. The van der Waals surface area contributed by atoms with E-state index in [9.17, 15) is 9.59 Å². The van der Waals surface area contributed by atoms with E-state index in [-0.39, 0.29) is 24.3 Å². The lowest BCUT2D eigenvalue weighted by Gasteiger charge is -2.33. The zero-order valence-corrected chi connectivity index (χ0v) is 17.1. The van der Waals surface area contributed by atoms with Crippen LogP contribution in [0.4, 0.5) is 0 Å². The van der Waals surface area contributed by atoms with Gasteiger partial charge in [-0.1, -0.05) is 18.2 Å². The van der Waals surface area contributed by atoms with Crippen molar-refractivity contribution in [3.63, 3.8) is 0 Å². The second kappa shape index (κ2) is 7.79. The molecule has 0 fully saturated rings. The fraction of sp³-hybridized carbons (Fsp3) is 0.261. The maximum Gasteiger partial charge on any atom is 0.290 e. The zero-order valence-electron chi connectivity index (χ0n) is 17.1. The van der Waals surface area contributed by atoms with Gasteiger partial charge in [0.25, 0.3) is 5.91 Å². The number of hydrogen-bond acceptors (Lipinski definition) is 5. The first-order valence-corrected chi connectivity index (χ1v) is 10.2. The molecule has 0 saturated carbocycles. The summed E-state index contributed by atoms with van der Waals surface area (Å²) in [4.78, 5) is 27.6. The summed E-state index contributed by atoms with van der Waals surface area (Å²) in [7, 11) is 0. The van der Waals surface area contributed by atoms with Gasteiger partial charge in [-0.3, -0.25) is 14.3 Å². The van der Waals surface area contributed by atoms with Crippen molar-refractivity contribution in [1.29, 1.82) is 0 Å². The van der Waals surface area contributed by atoms with E-state index in [2.05, 4.69) is 10.4 Å². The van der Waals surface area contributed by atoms with E-state index in [0.717, 1.165) is 16.6 Å². The van der Waals surface area contributed by atoms with Gasteiger partial charge < -0.3 is 19.1 Å². The van der Waals surface area contributed by atoms with Crippen molar-refractivity contribution < 1.29 is 18.4 Å². The molecule has 0 bridgehead atoms. The van der Waals surface area contributed by atoms with Crippen LogP contribution in [0.15, 0.2) is 63.8 Å². The Bertz CT molecular complexity index is 1240. The number of aryl methyl sites for hydroxylation is 1. The molecule has 158 valence electrons. The average Bonchev–Trinajstić information content (AvgIpc) is 3.52. The third-order valence-electron chi connectivity index (χ3n) is 5.67. The van der Waals surface area contributed by atoms with Crippen LogP contribution in [0.1, 0.15) is 40.0 Å². The van der Waals surface area contributed by atoms with Gasteiger partial charge in [0.15, 0.2) is 5.76 Å². The summed E-state index contributed by atoms with van der Waals surface area (Å²) in [5, 5.41) is 8.17. The first kappa shape index (κ1) is 19.2. The number of carbonyl (C=O) groups is 2. The highest BCUT2D eigenvalue weighted by Gasteiger charge is 2.32. The van der Waals surface area contributed by atoms with E-state index in [4.69, 9.17) is 8.83 Å². The Morgan fingerprint density at radius 2 is 2.06 bits per heavy atom. The maximum absolute atomic E-state index is 13.3. The van der Waals surface area contributed by atoms with E-state index in [1.54, 1.807) is 23.4 Å². The number of benzene rings is 1. The van der Waals surface area contributed by atoms with Gasteiger partial charge in [0, 0.05) is 23.7 Å². The Labute approximate surface area is 178 Å². The normalized spacial score (nSPS) is 15.8. The minimum Gasteiger partial charge on any atom is -0.467 e. The first-order chi connectivity index (χ1) is 15.1. The smallest absolute Gasteiger partial charge is 0.290 e. The molecule has 0 aliphatic carbocycles. The molecule has 1 N–H and O–H groups in total. The number of carbonyl (C=O) groups excluding carboxylic acids is 2. The van der Waals surface area contributed by atoms with Gasteiger partial charge in [0.05, 0.1) is 37.5 Å². The third-order valence-corrected chi connectivity index (χ3v) is 5.67. The lowest BCUT2D eigenvalue weighted by molar-refractivity contribution is -0.122. The van der Waals surface area contributed by atoms with Gasteiger partial charge in [-0.2, -0.15) is 5.10 Å². The SMILES string of the molecule is Cc1c(C(=O)N2Cc3ccnn3[C@@H](CC(=O)NCc3ccco3)C2)oc2ccccc12. The molecule has 8 nitrogen and oxygen atoms in total. The van der Waals surface area contributed by atoms with Gasteiger partial charge in [0.1, 0.15) is 11.3 Å². The fourth-order valence-corrected chi connectivity index (χ4v) is 4.10. The molecule has 4 aromatic rings. The third kappa shape index (κ3) is 3.61. The molecule has 1 aliphatic heterocycles. The van der Waals surface area contributed by atoms with Crippen LogP contribution < -0.4 is 5.32 Å². The van der Waals surface area contributed by atoms with E-state index in [0.29, 0.717) is 36.7 Å². The van der Waals surface area contributed by atoms with Crippen LogP contribution in [0.5, 0.6) is 0 Å². The number of amides is 2. The number of furan rings is 2. The van der Waals surface area contributed by atoms with Crippen LogP contribution in [0.2, 0.25) is 0 Å². The molecule has 31 heavy (non-hydrogen) atoms. The minimum atomic E-state index is -0.260. The van der Waals surface area contributed by atoms with Crippen molar-refractivity contribution in [2.75, 3.05) is 6.54 Å². The predicted octanol–water partition coefficient (Wildman–Crippen LogP) is 3.43.